The third kappa shape index (κ3) is 3.68. The van der Waals surface area contributed by atoms with E-state index in [-0.39, 0.29) is 17.4 Å². The van der Waals surface area contributed by atoms with Gasteiger partial charge in [0.25, 0.3) is 5.91 Å². The summed E-state index contributed by atoms with van der Waals surface area (Å²) in [5.74, 6) is 0.661. The molecule has 8 nitrogen and oxygen atoms in total. The molecule has 9 heteroatoms. The zero-order valence-corrected chi connectivity index (χ0v) is 19.6. The van der Waals surface area contributed by atoms with Crippen LogP contribution in [0.4, 0.5) is 11.5 Å². The Labute approximate surface area is 197 Å². The molecule has 0 saturated carbocycles. The lowest BCUT2D eigenvalue weighted by Crippen LogP contribution is -2.43. The molecule has 0 atom stereocenters. The molecule has 5 heterocycles. The Morgan fingerprint density at radius 1 is 1.18 bits per heavy atom. The largest absolute Gasteiger partial charge is 0.381 e. The van der Waals surface area contributed by atoms with Crippen molar-refractivity contribution in [1.82, 2.24) is 25.2 Å². The fourth-order valence-corrected chi connectivity index (χ4v) is 6.22. The molecular weight excluding hydrogens is 436 g/mol. The molecule has 2 aromatic heterocycles. The molecule has 3 aliphatic heterocycles. The molecule has 1 spiro atoms. The van der Waals surface area contributed by atoms with Crippen LogP contribution in [0.1, 0.15) is 41.0 Å². The average molecular weight is 465 g/mol. The number of nitrogens with zero attached hydrogens (tertiary/aromatic N) is 5. The van der Waals surface area contributed by atoms with Crippen molar-refractivity contribution < 1.29 is 9.53 Å². The van der Waals surface area contributed by atoms with E-state index in [1.807, 2.05) is 0 Å². The maximum atomic E-state index is 12.9. The summed E-state index contributed by atoms with van der Waals surface area (Å²) in [6.45, 7) is 4.44. The van der Waals surface area contributed by atoms with Crippen LogP contribution in [0.25, 0.3) is 10.3 Å². The van der Waals surface area contributed by atoms with Crippen LogP contribution in [0.3, 0.4) is 0 Å². The lowest BCUT2D eigenvalue weighted by molar-refractivity contribution is 0.0696. The van der Waals surface area contributed by atoms with E-state index < -0.39 is 0 Å². The number of fused-ring (bicyclic) bond motifs is 3. The number of thiazole rings is 1. The number of para-hydroxylation sites is 1. The molecular formula is C24H28N6O2S. The van der Waals surface area contributed by atoms with Gasteiger partial charge in [0.2, 0.25) is 0 Å². The summed E-state index contributed by atoms with van der Waals surface area (Å²) < 4.78 is 5.40. The maximum Gasteiger partial charge on any atom is 0.280 e. The smallest absolute Gasteiger partial charge is 0.280 e. The molecule has 1 N–H and O–H groups in total. The Balaban J connectivity index is 1.34. The number of ether oxygens (including phenoxy) is 1. The van der Waals surface area contributed by atoms with Gasteiger partial charge >= 0.3 is 0 Å². The van der Waals surface area contributed by atoms with Gasteiger partial charge in [-0.25, -0.2) is 15.0 Å². The number of amides is 1. The van der Waals surface area contributed by atoms with Crippen molar-refractivity contribution in [3.8, 4) is 0 Å². The normalized spacial score (nSPS) is 20.9. The minimum atomic E-state index is -0.135. The summed E-state index contributed by atoms with van der Waals surface area (Å²) in [7, 11) is 2.20. The second kappa shape index (κ2) is 8.30. The van der Waals surface area contributed by atoms with Crippen molar-refractivity contribution in [3.05, 3.63) is 41.2 Å². The van der Waals surface area contributed by atoms with Crippen LogP contribution in [0.5, 0.6) is 0 Å². The van der Waals surface area contributed by atoms with Crippen LogP contribution in [0, 0.1) is 0 Å². The zero-order chi connectivity index (χ0) is 22.4. The Morgan fingerprint density at radius 2 is 1.97 bits per heavy atom. The van der Waals surface area contributed by atoms with E-state index in [0.29, 0.717) is 23.7 Å². The summed E-state index contributed by atoms with van der Waals surface area (Å²) in [4.78, 5) is 32.2. The van der Waals surface area contributed by atoms with E-state index in [0.717, 1.165) is 56.0 Å². The molecule has 0 unspecified atom stereocenters. The van der Waals surface area contributed by atoms with Crippen molar-refractivity contribution in [3.63, 3.8) is 0 Å². The number of benzene rings is 1. The summed E-state index contributed by atoms with van der Waals surface area (Å²) in [5.41, 5.74) is 3.43. The van der Waals surface area contributed by atoms with Gasteiger partial charge in [0, 0.05) is 36.9 Å². The molecule has 6 rings (SSSR count). The number of piperidine rings is 1. The topological polar surface area (TPSA) is 83.5 Å². The second-order valence-electron chi connectivity index (χ2n) is 9.42. The molecule has 3 aliphatic rings. The first-order valence-electron chi connectivity index (χ1n) is 11.7. The fourth-order valence-electron chi connectivity index (χ4n) is 5.42. The Hall–Kier alpha value is -2.62. The van der Waals surface area contributed by atoms with E-state index in [1.165, 1.54) is 22.6 Å². The highest BCUT2D eigenvalue weighted by molar-refractivity contribution is 7.20. The third-order valence-corrected chi connectivity index (χ3v) is 8.32. The molecule has 0 radical (unpaired) electrons. The van der Waals surface area contributed by atoms with Crippen LogP contribution in [-0.4, -0.2) is 71.7 Å². The molecule has 2 saturated heterocycles. The number of carbonyl (C=O) groups is 1. The van der Waals surface area contributed by atoms with E-state index in [4.69, 9.17) is 9.72 Å². The van der Waals surface area contributed by atoms with Crippen LogP contribution < -0.4 is 10.2 Å². The molecule has 1 aromatic carbocycles. The minimum Gasteiger partial charge on any atom is -0.381 e. The molecule has 1 amide bonds. The highest BCUT2D eigenvalue weighted by atomic mass is 32.1. The predicted molar refractivity (Wildman–Crippen MR) is 128 cm³/mol. The minimum absolute atomic E-state index is 0.125. The monoisotopic (exact) mass is 464 g/mol. The van der Waals surface area contributed by atoms with Crippen LogP contribution >= 0.6 is 11.3 Å². The second-order valence-corrected chi connectivity index (χ2v) is 10.4. The lowest BCUT2D eigenvalue weighted by atomic mass is 9.74. The fraction of sp³-hybridized carbons (Fsp3) is 0.500. The number of anilines is 2. The molecule has 33 heavy (non-hydrogen) atoms. The summed E-state index contributed by atoms with van der Waals surface area (Å²) in [6, 6.07) is 8.82. The van der Waals surface area contributed by atoms with Gasteiger partial charge in [-0.1, -0.05) is 29.5 Å². The number of rotatable bonds is 3. The first-order valence-corrected chi connectivity index (χ1v) is 12.5. The Bertz CT molecular complexity index is 1180. The zero-order valence-electron chi connectivity index (χ0n) is 18.8. The number of hydrogen-bond donors (Lipinski definition) is 1. The number of hydrogen-bond acceptors (Lipinski definition) is 8. The third-order valence-electron chi connectivity index (χ3n) is 7.35. The van der Waals surface area contributed by atoms with Gasteiger partial charge in [0.15, 0.2) is 10.8 Å². The van der Waals surface area contributed by atoms with Gasteiger partial charge in [-0.05, 0) is 57.5 Å². The average Bonchev–Trinajstić information content (AvgIpc) is 3.42. The molecule has 0 aliphatic carbocycles. The molecule has 0 bridgehead atoms. The van der Waals surface area contributed by atoms with Crippen LogP contribution in [0.15, 0.2) is 30.6 Å². The van der Waals surface area contributed by atoms with Crippen molar-refractivity contribution in [2.45, 2.75) is 37.1 Å². The van der Waals surface area contributed by atoms with Gasteiger partial charge in [-0.15, -0.1) is 0 Å². The predicted octanol–water partition coefficient (Wildman–Crippen LogP) is 3.11. The van der Waals surface area contributed by atoms with Crippen molar-refractivity contribution >= 4 is 39.1 Å². The first kappa shape index (κ1) is 20.9. The lowest BCUT2D eigenvalue weighted by Gasteiger charge is -2.38. The van der Waals surface area contributed by atoms with Crippen molar-refractivity contribution in [1.29, 1.82) is 0 Å². The number of likely N-dealkylation sites (tertiary alicyclic amines) is 1. The number of aromatic nitrogens is 3. The summed E-state index contributed by atoms with van der Waals surface area (Å²) in [6.07, 6.45) is 5.52. The van der Waals surface area contributed by atoms with Gasteiger partial charge in [0.05, 0.1) is 0 Å². The highest BCUT2D eigenvalue weighted by Crippen LogP contribution is 2.49. The standard InChI is InChI=1S/C24H28N6O2S/c1-29-10-8-24(9-11-29)14-30(18-5-3-2-4-17(18)24)20-19-22(26-15-25-20)33-23(28-19)21(31)27-16-6-12-32-13-7-16/h2-5,15-16H,6-14H2,1H3,(H,27,31). The SMILES string of the molecule is CN1CCC2(CC1)CN(c1ncnc3sc(C(=O)NC4CCOCC4)nc13)c1ccccc12. The van der Waals surface area contributed by atoms with Gasteiger partial charge < -0.3 is 19.9 Å². The molecule has 172 valence electrons. The molecule has 2 fully saturated rings. The van der Waals surface area contributed by atoms with E-state index in [1.54, 1.807) is 6.33 Å². The molecule has 3 aromatic rings. The number of nitrogens with one attached hydrogen (secondary N) is 1. The quantitative estimate of drug-likeness (QED) is 0.638. The van der Waals surface area contributed by atoms with Gasteiger partial charge in [0.1, 0.15) is 16.7 Å². The van der Waals surface area contributed by atoms with E-state index in [9.17, 15) is 4.79 Å². The first-order chi connectivity index (χ1) is 16.1. The van der Waals surface area contributed by atoms with Crippen LogP contribution in [0.2, 0.25) is 0 Å². The highest BCUT2D eigenvalue weighted by Gasteiger charge is 2.45. The Morgan fingerprint density at radius 3 is 2.79 bits per heavy atom. The van der Waals surface area contributed by atoms with Crippen LogP contribution in [-0.2, 0) is 10.2 Å². The summed E-state index contributed by atoms with van der Waals surface area (Å²) >= 11 is 1.34. The Kier molecular flexibility index (Phi) is 5.27. The van der Waals surface area contributed by atoms with E-state index >= 15 is 0 Å². The number of carbonyl (C=O) groups excluding carboxylic acids is 1. The van der Waals surface area contributed by atoms with Gasteiger partial charge in [-0.2, -0.15) is 0 Å². The van der Waals surface area contributed by atoms with Crippen molar-refractivity contribution in [2.24, 2.45) is 0 Å². The van der Waals surface area contributed by atoms with E-state index in [2.05, 4.69) is 56.4 Å². The maximum absolute atomic E-state index is 12.9. The van der Waals surface area contributed by atoms with Crippen molar-refractivity contribution in [2.75, 3.05) is 44.8 Å². The van der Waals surface area contributed by atoms with Gasteiger partial charge in [-0.3, -0.25) is 4.79 Å². The summed E-state index contributed by atoms with van der Waals surface area (Å²) in [5, 5.41) is 3.56.